The number of pyridine rings is 1. The molecule has 0 atom stereocenters. The van der Waals surface area contributed by atoms with Crippen molar-refractivity contribution in [1.29, 1.82) is 0 Å². The van der Waals surface area contributed by atoms with Crippen molar-refractivity contribution in [2.75, 3.05) is 43.4 Å². The van der Waals surface area contributed by atoms with Gasteiger partial charge in [0.2, 0.25) is 0 Å². The number of fused-ring (bicyclic) bond motifs is 2. The minimum Gasteiger partial charge on any atom is -0.369 e. The van der Waals surface area contributed by atoms with E-state index in [1.54, 1.807) is 28.4 Å². The van der Waals surface area contributed by atoms with Crippen molar-refractivity contribution in [2.45, 2.75) is 6.92 Å². The second-order valence-corrected chi connectivity index (χ2v) is 9.37. The molecule has 0 unspecified atom stereocenters. The molecule has 0 radical (unpaired) electrons. The molecule has 4 aromatic rings. The van der Waals surface area contributed by atoms with Crippen molar-refractivity contribution < 1.29 is 9.18 Å². The van der Waals surface area contributed by atoms with Crippen LogP contribution in [-0.2, 0) is 7.05 Å². The van der Waals surface area contributed by atoms with Crippen LogP contribution in [-0.4, -0.2) is 63.2 Å². The van der Waals surface area contributed by atoms with Crippen molar-refractivity contribution in [3.05, 3.63) is 53.9 Å². The van der Waals surface area contributed by atoms with Gasteiger partial charge >= 0.3 is 0 Å². The molecule has 32 heavy (non-hydrogen) atoms. The predicted molar refractivity (Wildman–Crippen MR) is 121 cm³/mol. The van der Waals surface area contributed by atoms with Crippen molar-refractivity contribution in [1.82, 2.24) is 24.1 Å². The normalized spacial score (nSPS) is 17.7. The lowest BCUT2D eigenvalue weighted by Gasteiger charge is -2.60. The maximum Gasteiger partial charge on any atom is 0.257 e. The first-order valence-corrected chi connectivity index (χ1v) is 10.7. The van der Waals surface area contributed by atoms with Crippen LogP contribution in [0.4, 0.5) is 15.8 Å². The number of imidazole rings is 1. The number of nitrogens with zero attached hydrogens (tertiary/aromatic N) is 6. The Labute approximate surface area is 184 Å². The Balaban J connectivity index is 1.30. The lowest BCUT2D eigenvalue weighted by molar-refractivity contribution is -0.00224. The van der Waals surface area contributed by atoms with Crippen LogP contribution in [0.3, 0.4) is 0 Å². The molecule has 164 valence electrons. The number of anilines is 2. The highest BCUT2D eigenvalue weighted by Crippen LogP contribution is 2.43. The number of carbonyl (C=O) groups excluding carboxylic acids is 1. The Bertz CT molecular complexity index is 1390. The quantitative estimate of drug-likeness (QED) is 0.538. The van der Waals surface area contributed by atoms with Gasteiger partial charge in [-0.1, -0.05) is 0 Å². The molecule has 2 saturated heterocycles. The molecule has 2 aliphatic heterocycles. The zero-order valence-electron chi connectivity index (χ0n) is 18.3. The summed E-state index contributed by atoms with van der Waals surface area (Å²) < 4.78 is 17.7. The number of rotatable bonds is 3. The fourth-order valence-corrected chi connectivity index (χ4v) is 5.34. The monoisotopic (exact) mass is 433 g/mol. The minimum absolute atomic E-state index is 0.238. The Morgan fingerprint density at radius 2 is 1.91 bits per heavy atom. The molecular weight excluding hydrogens is 409 g/mol. The molecule has 6 rings (SSSR count). The molecule has 2 fully saturated rings. The molecule has 8 nitrogen and oxygen atoms in total. The van der Waals surface area contributed by atoms with E-state index in [1.165, 1.54) is 6.07 Å². The van der Waals surface area contributed by atoms with Gasteiger partial charge in [-0.25, -0.2) is 9.37 Å². The van der Waals surface area contributed by atoms with Gasteiger partial charge in [0, 0.05) is 74.4 Å². The summed E-state index contributed by atoms with van der Waals surface area (Å²) in [6.07, 6.45) is 5.34. The van der Waals surface area contributed by atoms with Crippen LogP contribution < -0.4 is 10.2 Å². The molecule has 0 aliphatic carbocycles. The molecular formula is C23H24FN7O. The Kier molecular flexibility index (Phi) is 3.92. The van der Waals surface area contributed by atoms with Gasteiger partial charge in [0.15, 0.2) is 11.5 Å². The SMILES string of the molecule is Cc1cn2cc(NC(=O)c3ccc(N4CC5(CN(C)C5)C4)c4cn(C)nc34)cc(F)c2n1. The van der Waals surface area contributed by atoms with E-state index in [2.05, 4.69) is 32.2 Å². The number of nitrogens with one attached hydrogen (secondary N) is 1. The fourth-order valence-electron chi connectivity index (χ4n) is 5.34. The van der Waals surface area contributed by atoms with E-state index >= 15 is 0 Å². The third-order valence-corrected chi connectivity index (χ3v) is 6.50. The fraction of sp³-hybridized carbons (Fsp3) is 0.348. The van der Waals surface area contributed by atoms with Gasteiger partial charge in [0.25, 0.3) is 5.91 Å². The van der Waals surface area contributed by atoms with Gasteiger partial charge in [0.1, 0.15) is 5.52 Å². The standard InChI is InChI=1S/C23H24FN7O/c1-14-7-30-8-15(6-18(24)21(30)25-14)26-22(32)16-4-5-19(17-9-29(3)27-20(16)17)31-12-23(13-31)10-28(2)11-23/h4-9H,10-13H2,1-3H3,(H,26,32). The second kappa shape index (κ2) is 6.52. The van der Waals surface area contributed by atoms with Gasteiger partial charge in [-0.2, -0.15) is 5.10 Å². The number of halogens is 1. The number of hydrogen-bond acceptors (Lipinski definition) is 5. The van der Waals surface area contributed by atoms with Crippen molar-refractivity contribution in [2.24, 2.45) is 12.5 Å². The first-order valence-electron chi connectivity index (χ1n) is 10.7. The van der Waals surface area contributed by atoms with Crippen LogP contribution in [0.1, 0.15) is 16.1 Å². The van der Waals surface area contributed by atoms with Crippen molar-refractivity contribution in [3.8, 4) is 0 Å². The van der Waals surface area contributed by atoms with E-state index in [4.69, 9.17) is 0 Å². The molecule has 2 aliphatic rings. The minimum atomic E-state index is -0.484. The molecule has 1 amide bonds. The zero-order chi connectivity index (χ0) is 22.2. The predicted octanol–water partition coefficient (Wildman–Crippen LogP) is 2.67. The molecule has 9 heteroatoms. The highest BCUT2D eigenvalue weighted by Gasteiger charge is 2.50. The summed E-state index contributed by atoms with van der Waals surface area (Å²) in [5.74, 6) is -0.806. The van der Waals surface area contributed by atoms with Crippen LogP contribution in [0.2, 0.25) is 0 Å². The van der Waals surface area contributed by atoms with Crippen LogP contribution in [0, 0.1) is 18.2 Å². The van der Waals surface area contributed by atoms with E-state index in [0.29, 0.717) is 27.9 Å². The average molecular weight is 433 g/mol. The topological polar surface area (TPSA) is 70.7 Å². The summed E-state index contributed by atoms with van der Waals surface area (Å²) in [6, 6.07) is 5.10. The Morgan fingerprint density at radius 3 is 2.66 bits per heavy atom. The third-order valence-electron chi connectivity index (χ3n) is 6.50. The maximum absolute atomic E-state index is 14.4. The van der Waals surface area contributed by atoms with E-state index in [1.807, 2.05) is 25.4 Å². The Morgan fingerprint density at radius 1 is 1.12 bits per heavy atom. The number of benzene rings is 1. The van der Waals surface area contributed by atoms with Crippen LogP contribution in [0.15, 0.2) is 36.8 Å². The van der Waals surface area contributed by atoms with Crippen molar-refractivity contribution in [3.63, 3.8) is 0 Å². The van der Waals surface area contributed by atoms with Crippen molar-refractivity contribution >= 4 is 33.8 Å². The van der Waals surface area contributed by atoms with Gasteiger partial charge in [-0.3, -0.25) is 9.48 Å². The molecule has 0 saturated carbocycles. The molecule has 1 spiro atoms. The van der Waals surface area contributed by atoms with Gasteiger partial charge < -0.3 is 19.5 Å². The zero-order valence-corrected chi connectivity index (χ0v) is 18.3. The van der Waals surface area contributed by atoms with Gasteiger partial charge in [-0.15, -0.1) is 0 Å². The van der Waals surface area contributed by atoms with E-state index < -0.39 is 5.82 Å². The molecule has 3 aromatic heterocycles. The van der Waals surface area contributed by atoms with E-state index in [0.717, 1.165) is 37.3 Å². The van der Waals surface area contributed by atoms with Crippen LogP contribution in [0.25, 0.3) is 16.6 Å². The largest absolute Gasteiger partial charge is 0.369 e. The highest BCUT2D eigenvalue weighted by molar-refractivity contribution is 6.14. The maximum atomic E-state index is 14.4. The lowest BCUT2D eigenvalue weighted by atomic mass is 9.73. The summed E-state index contributed by atoms with van der Waals surface area (Å²) >= 11 is 0. The number of carbonyl (C=O) groups is 1. The number of aryl methyl sites for hydroxylation is 2. The average Bonchev–Trinajstić information content (AvgIpc) is 3.24. The molecule has 5 heterocycles. The third kappa shape index (κ3) is 2.88. The van der Waals surface area contributed by atoms with Crippen LogP contribution in [0.5, 0.6) is 0 Å². The summed E-state index contributed by atoms with van der Waals surface area (Å²) in [6.45, 7) is 6.12. The van der Waals surface area contributed by atoms with E-state index in [-0.39, 0.29) is 11.6 Å². The summed E-state index contributed by atoms with van der Waals surface area (Å²) in [5, 5.41) is 8.33. The van der Waals surface area contributed by atoms with Crippen LogP contribution >= 0.6 is 0 Å². The number of likely N-dealkylation sites (tertiary alicyclic amines) is 1. The first-order chi connectivity index (χ1) is 15.3. The number of aromatic nitrogens is 4. The highest BCUT2D eigenvalue weighted by atomic mass is 19.1. The van der Waals surface area contributed by atoms with Gasteiger partial charge in [0.05, 0.1) is 16.9 Å². The first kappa shape index (κ1) is 19.2. The smallest absolute Gasteiger partial charge is 0.257 e. The summed E-state index contributed by atoms with van der Waals surface area (Å²) in [5.41, 5.74) is 3.93. The summed E-state index contributed by atoms with van der Waals surface area (Å²) in [4.78, 5) is 22.0. The lowest BCUT2D eigenvalue weighted by Crippen LogP contribution is -2.71. The second-order valence-electron chi connectivity index (χ2n) is 9.37. The molecule has 1 N–H and O–H groups in total. The Hall–Kier alpha value is -3.46. The van der Waals surface area contributed by atoms with Gasteiger partial charge in [-0.05, 0) is 26.1 Å². The number of hydrogen-bond donors (Lipinski definition) is 1. The van der Waals surface area contributed by atoms with E-state index in [9.17, 15) is 9.18 Å². The summed E-state index contributed by atoms with van der Waals surface area (Å²) in [7, 11) is 4.01. The number of amides is 1. The molecule has 1 aromatic carbocycles. The molecule has 0 bridgehead atoms.